The maximum absolute atomic E-state index is 13.1. The zero-order chi connectivity index (χ0) is 35.0. The van der Waals surface area contributed by atoms with Crippen molar-refractivity contribution < 1.29 is 38.9 Å². The summed E-state index contributed by atoms with van der Waals surface area (Å²) in [5.74, 6) is -0.318. The fourth-order valence-electron chi connectivity index (χ4n) is 4.05. The lowest BCUT2D eigenvalue weighted by atomic mass is 10.3. The van der Waals surface area contributed by atoms with Crippen molar-refractivity contribution in [3.05, 3.63) is 88.1 Å². The maximum Gasteiger partial charge on any atom is 0.299 e. The summed E-state index contributed by atoms with van der Waals surface area (Å²) in [7, 11) is -13.8. The van der Waals surface area contributed by atoms with Gasteiger partial charge in [-0.15, -0.1) is 10.2 Å². The molecule has 0 bridgehead atoms. The van der Waals surface area contributed by atoms with Crippen LogP contribution in [0.4, 0.5) is 34.6 Å². The molecule has 0 amide bonds. The first-order chi connectivity index (χ1) is 22.4. The minimum Gasteiger partial charge on any atom is -0.324 e. The summed E-state index contributed by atoms with van der Waals surface area (Å²) in [4.78, 5) is 23.6. The lowest BCUT2D eigenvalue weighted by Crippen LogP contribution is -2.14. The van der Waals surface area contributed by atoms with E-state index in [9.17, 15) is 43.7 Å². The summed E-state index contributed by atoms with van der Waals surface area (Å²) in [6.45, 7) is 1.47. The molecule has 0 saturated heterocycles. The summed E-state index contributed by atoms with van der Waals surface area (Å²) in [5.41, 5.74) is -0.767. The number of hydrogen-bond acceptors (Lipinski definition) is 14. The molecule has 5 aromatic rings. The zero-order valence-electron chi connectivity index (χ0n) is 23.8. The number of nitrogens with zero attached hydrogens (tertiary/aromatic N) is 6. The summed E-state index contributed by atoms with van der Waals surface area (Å²) >= 11 is 6.03. The number of nitrogens with one attached hydrogen (secondary N) is 3. The van der Waals surface area contributed by atoms with E-state index in [0.29, 0.717) is 0 Å². The van der Waals surface area contributed by atoms with Crippen LogP contribution in [0.25, 0.3) is 5.69 Å². The quantitative estimate of drug-likeness (QED) is 0.0873. The predicted molar refractivity (Wildman–Crippen MR) is 169 cm³/mol. The molecule has 3 aromatic carbocycles. The molecule has 6 N–H and O–H groups in total. The number of H-pyrrole nitrogens is 1. The minimum atomic E-state index is -4.84. The maximum atomic E-state index is 13.1. The SMILES string of the molecule is Cc1[nH]n(-c2ccc(S(=O)(=O)O)cc2)c(=O)c1N=Nc1cc(Nc2nc(Cl)nc(Nc3cccc(S(=O)(=O)O)c3)n2)ccc1S(=O)(=O)O. The first kappa shape index (κ1) is 34.2. The molecule has 0 unspecified atom stereocenters. The fourth-order valence-corrected chi connectivity index (χ4v) is 5.82. The van der Waals surface area contributed by atoms with Crippen molar-refractivity contribution in [1.82, 2.24) is 24.7 Å². The largest absolute Gasteiger partial charge is 0.324 e. The second-order valence-electron chi connectivity index (χ2n) is 9.56. The number of aromatic amines is 1. The van der Waals surface area contributed by atoms with Gasteiger partial charge in [-0.25, -0.2) is 4.68 Å². The van der Waals surface area contributed by atoms with E-state index in [4.69, 9.17) is 11.6 Å². The fraction of sp³-hybridized carbons (Fsp3) is 0.0400. The Morgan fingerprint density at radius 2 is 1.35 bits per heavy atom. The highest BCUT2D eigenvalue weighted by atomic mass is 35.5. The highest BCUT2D eigenvalue weighted by Gasteiger charge is 2.19. The summed E-state index contributed by atoms with van der Waals surface area (Å²) in [6, 6.07) is 13.1. The molecule has 0 fully saturated rings. The molecular weight excluding hydrogens is 718 g/mol. The molecule has 0 radical (unpaired) electrons. The van der Waals surface area contributed by atoms with Gasteiger partial charge in [0, 0.05) is 11.4 Å². The van der Waals surface area contributed by atoms with Crippen molar-refractivity contribution in [2.75, 3.05) is 10.6 Å². The second kappa shape index (κ2) is 12.8. The van der Waals surface area contributed by atoms with Crippen LogP contribution < -0.4 is 16.2 Å². The molecule has 2 heterocycles. The molecular formula is C25H20ClN9O10S3. The number of benzene rings is 3. The molecule has 48 heavy (non-hydrogen) atoms. The number of anilines is 4. The lowest BCUT2D eigenvalue weighted by molar-refractivity contribution is 0.481. The van der Waals surface area contributed by atoms with Crippen LogP contribution in [0, 0.1) is 6.92 Å². The van der Waals surface area contributed by atoms with Crippen molar-refractivity contribution in [3.63, 3.8) is 0 Å². The Bertz CT molecular complexity index is 2490. The first-order valence-corrected chi connectivity index (χ1v) is 17.5. The summed E-state index contributed by atoms with van der Waals surface area (Å²) < 4.78 is 99.0. The van der Waals surface area contributed by atoms with Gasteiger partial charge >= 0.3 is 0 Å². The molecule has 0 aliphatic heterocycles. The Hall–Kier alpha value is -5.10. The third-order valence-corrected chi connectivity index (χ3v) is 8.97. The molecule has 0 spiro atoms. The van der Waals surface area contributed by atoms with Crippen molar-refractivity contribution in [2.45, 2.75) is 21.6 Å². The van der Waals surface area contributed by atoms with Crippen molar-refractivity contribution in [2.24, 2.45) is 10.2 Å². The van der Waals surface area contributed by atoms with Crippen LogP contribution in [0.1, 0.15) is 5.69 Å². The number of aromatic nitrogens is 5. The van der Waals surface area contributed by atoms with Gasteiger partial charge in [0.1, 0.15) is 10.6 Å². The van der Waals surface area contributed by atoms with Crippen molar-refractivity contribution in [3.8, 4) is 5.69 Å². The van der Waals surface area contributed by atoms with E-state index in [1.807, 2.05) is 0 Å². The van der Waals surface area contributed by atoms with Gasteiger partial charge < -0.3 is 10.6 Å². The van der Waals surface area contributed by atoms with Crippen molar-refractivity contribution >= 4 is 76.6 Å². The van der Waals surface area contributed by atoms with Gasteiger partial charge in [0.2, 0.25) is 17.2 Å². The van der Waals surface area contributed by atoms with E-state index >= 15 is 0 Å². The molecule has 5 rings (SSSR count). The van der Waals surface area contributed by atoms with E-state index in [2.05, 4.69) is 40.9 Å². The average molecular weight is 738 g/mol. The molecule has 0 aliphatic carbocycles. The van der Waals surface area contributed by atoms with Crippen LogP contribution >= 0.6 is 11.6 Å². The standard InChI is InChI=1S/C25H20ClN9O10S3/c1-13-21(22(36)35(34-13)16-6-8-17(9-7-16)46(37,38)39)33-32-19-12-15(5-10-20(19)48(43,44)45)28-25-30-23(26)29-24(31-25)27-14-3-2-4-18(11-14)47(40,41)42/h2-12,34H,1H3,(H,37,38,39)(H,40,41,42)(H,43,44,45)(H2,27,28,29,30,31). The molecule has 19 nitrogen and oxygen atoms in total. The normalized spacial score (nSPS) is 12.4. The average Bonchev–Trinajstić information content (AvgIpc) is 3.27. The van der Waals surface area contributed by atoms with E-state index in [1.54, 1.807) is 0 Å². The molecule has 0 saturated carbocycles. The van der Waals surface area contributed by atoms with Crippen LogP contribution in [-0.2, 0) is 30.4 Å². The number of hydrogen-bond donors (Lipinski definition) is 6. The molecule has 2 aromatic heterocycles. The third kappa shape index (κ3) is 7.88. The van der Waals surface area contributed by atoms with E-state index < -0.39 is 56.3 Å². The van der Waals surface area contributed by atoms with E-state index in [0.717, 1.165) is 35.0 Å². The first-order valence-electron chi connectivity index (χ1n) is 12.8. The van der Waals surface area contributed by atoms with Crippen LogP contribution in [0.3, 0.4) is 0 Å². The summed E-state index contributed by atoms with van der Waals surface area (Å²) in [6.07, 6.45) is 0. The highest BCUT2D eigenvalue weighted by Crippen LogP contribution is 2.31. The second-order valence-corrected chi connectivity index (χ2v) is 14.1. The zero-order valence-corrected chi connectivity index (χ0v) is 27.0. The van der Waals surface area contributed by atoms with Crippen LogP contribution in [0.15, 0.2) is 96.4 Å². The Morgan fingerprint density at radius 1 is 0.750 bits per heavy atom. The van der Waals surface area contributed by atoms with E-state index in [1.165, 1.54) is 43.3 Å². The van der Waals surface area contributed by atoms with Gasteiger partial charge in [-0.1, -0.05) is 6.07 Å². The highest BCUT2D eigenvalue weighted by molar-refractivity contribution is 7.86. The number of aryl methyl sites for hydroxylation is 1. The Morgan fingerprint density at radius 3 is 1.94 bits per heavy atom. The smallest absolute Gasteiger partial charge is 0.299 e. The van der Waals surface area contributed by atoms with Gasteiger partial charge in [-0.05, 0) is 79.2 Å². The third-order valence-electron chi connectivity index (χ3n) is 6.18. The van der Waals surface area contributed by atoms with Gasteiger partial charge in [0.15, 0.2) is 5.69 Å². The molecule has 23 heteroatoms. The monoisotopic (exact) mass is 737 g/mol. The number of halogens is 1. The lowest BCUT2D eigenvalue weighted by Gasteiger charge is -2.10. The minimum absolute atomic E-state index is 0.111. The molecule has 0 atom stereocenters. The van der Waals surface area contributed by atoms with Gasteiger partial charge in [-0.2, -0.15) is 40.2 Å². The Kier molecular flexibility index (Phi) is 9.16. The van der Waals surface area contributed by atoms with Crippen LogP contribution in [0.2, 0.25) is 5.28 Å². The van der Waals surface area contributed by atoms with Crippen LogP contribution in [0.5, 0.6) is 0 Å². The molecule has 0 aliphatic rings. The Balaban J connectivity index is 1.45. The number of rotatable bonds is 10. The molecule has 250 valence electrons. The predicted octanol–water partition coefficient (Wildman–Crippen LogP) is 3.96. The summed E-state index contributed by atoms with van der Waals surface area (Å²) in [5, 5.41) is 15.7. The topological polar surface area (TPSA) is 288 Å². The van der Waals surface area contributed by atoms with Gasteiger partial charge in [0.05, 0.1) is 21.2 Å². The van der Waals surface area contributed by atoms with Gasteiger partial charge in [0.25, 0.3) is 35.9 Å². The Labute approximate surface area is 275 Å². The van der Waals surface area contributed by atoms with Crippen LogP contribution in [-0.4, -0.2) is 63.6 Å². The number of azo groups is 1. The van der Waals surface area contributed by atoms with Crippen molar-refractivity contribution in [1.29, 1.82) is 0 Å². The van der Waals surface area contributed by atoms with E-state index in [-0.39, 0.29) is 45.6 Å². The van der Waals surface area contributed by atoms with Gasteiger partial charge in [-0.3, -0.25) is 23.6 Å².